The maximum Gasteiger partial charge on any atom is 0.334 e. The summed E-state index contributed by atoms with van der Waals surface area (Å²) in [4.78, 5) is 23.1. The monoisotopic (exact) mass is 252 g/mol. The summed E-state index contributed by atoms with van der Waals surface area (Å²) in [5.41, 5.74) is 0.252. The van der Waals surface area contributed by atoms with Crippen molar-refractivity contribution >= 4 is 11.9 Å². The van der Waals surface area contributed by atoms with E-state index in [1.54, 1.807) is 0 Å². The van der Waals surface area contributed by atoms with Crippen molar-refractivity contribution in [3.8, 4) is 0 Å². The van der Waals surface area contributed by atoms with Gasteiger partial charge < -0.3 is 9.47 Å². The second-order valence-electron chi connectivity index (χ2n) is 6.00. The third-order valence-electron chi connectivity index (χ3n) is 3.28. The van der Waals surface area contributed by atoms with E-state index in [-0.39, 0.29) is 24.0 Å². The Morgan fingerprint density at radius 1 is 1.44 bits per heavy atom. The van der Waals surface area contributed by atoms with Gasteiger partial charge in [-0.05, 0) is 33.6 Å². The maximum atomic E-state index is 12.0. The van der Waals surface area contributed by atoms with Crippen molar-refractivity contribution in [2.75, 3.05) is 0 Å². The quantitative estimate of drug-likeness (QED) is 0.672. The summed E-state index contributed by atoms with van der Waals surface area (Å²) in [6, 6.07) is 0. The zero-order valence-electron chi connectivity index (χ0n) is 11.2. The van der Waals surface area contributed by atoms with E-state index in [4.69, 9.17) is 9.47 Å². The Balaban J connectivity index is 2.00. The van der Waals surface area contributed by atoms with Crippen LogP contribution in [-0.4, -0.2) is 23.6 Å². The van der Waals surface area contributed by atoms with Gasteiger partial charge in [-0.25, -0.2) is 4.79 Å². The summed E-state index contributed by atoms with van der Waals surface area (Å²) in [5, 5.41) is 0. The van der Waals surface area contributed by atoms with Crippen molar-refractivity contribution in [1.82, 2.24) is 0 Å². The summed E-state index contributed by atoms with van der Waals surface area (Å²) >= 11 is 0. The third kappa shape index (κ3) is 3.12. The minimum absolute atomic E-state index is 0.0440. The molecule has 0 N–H and O–H groups in total. The Morgan fingerprint density at radius 2 is 2.17 bits per heavy atom. The Labute approximate surface area is 107 Å². The van der Waals surface area contributed by atoms with Gasteiger partial charge in [-0.3, -0.25) is 4.79 Å². The highest BCUT2D eigenvalue weighted by atomic mass is 16.6. The predicted molar refractivity (Wildman–Crippen MR) is 65.8 cm³/mol. The van der Waals surface area contributed by atoms with Crippen LogP contribution in [0.1, 0.15) is 46.5 Å². The first-order chi connectivity index (χ1) is 8.35. The molecule has 2 atom stereocenters. The molecule has 1 aliphatic heterocycles. The molecule has 0 bridgehead atoms. The van der Waals surface area contributed by atoms with Crippen molar-refractivity contribution in [2.24, 2.45) is 5.92 Å². The highest BCUT2D eigenvalue weighted by Crippen LogP contribution is 2.33. The van der Waals surface area contributed by atoms with Gasteiger partial charge in [-0.2, -0.15) is 0 Å². The van der Waals surface area contributed by atoms with Gasteiger partial charge in [-0.15, -0.1) is 0 Å². The van der Waals surface area contributed by atoms with E-state index < -0.39 is 5.60 Å². The number of carbonyl (C=O) groups is 2. The summed E-state index contributed by atoms with van der Waals surface area (Å²) in [6.07, 6.45) is 4.44. The van der Waals surface area contributed by atoms with E-state index >= 15 is 0 Å². The lowest BCUT2D eigenvalue weighted by molar-refractivity contribution is -0.150. The molecule has 0 amide bonds. The number of ether oxygens (including phenoxy) is 2. The average molecular weight is 252 g/mol. The van der Waals surface area contributed by atoms with E-state index in [0.29, 0.717) is 19.3 Å². The van der Waals surface area contributed by atoms with Gasteiger partial charge in [0.25, 0.3) is 0 Å². The zero-order chi connectivity index (χ0) is 13.3. The topological polar surface area (TPSA) is 52.6 Å². The zero-order valence-corrected chi connectivity index (χ0v) is 11.2. The van der Waals surface area contributed by atoms with E-state index in [9.17, 15) is 9.59 Å². The van der Waals surface area contributed by atoms with Gasteiger partial charge >= 0.3 is 11.9 Å². The van der Waals surface area contributed by atoms with Crippen molar-refractivity contribution < 1.29 is 19.1 Å². The first-order valence-electron chi connectivity index (χ1n) is 6.47. The van der Waals surface area contributed by atoms with E-state index in [1.807, 2.05) is 26.8 Å². The van der Waals surface area contributed by atoms with E-state index in [0.717, 1.165) is 12.0 Å². The molecule has 4 nitrogen and oxygen atoms in total. The fourth-order valence-corrected chi connectivity index (χ4v) is 2.42. The summed E-state index contributed by atoms with van der Waals surface area (Å²) in [7, 11) is 0. The normalized spacial score (nSPS) is 27.9. The Morgan fingerprint density at radius 3 is 2.83 bits per heavy atom. The van der Waals surface area contributed by atoms with Crippen LogP contribution in [0.3, 0.4) is 0 Å². The maximum absolute atomic E-state index is 12.0. The Bertz CT molecular complexity index is 389. The molecule has 100 valence electrons. The Kier molecular flexibility index (Phi) is 3.46. The molecular weight excluding hydrogens is 232 g/mol. The lowest BCUT2D eigenvalue weighted by atomic mass is 9.95. The fraction of sp³-hybridized carbons (Fsp3) is 0.714. The molecule has 2 aliphatic rings. The summed E-state index contributed by atoms with van der Waals surface area (Å²) in [5.74, 6) is -0.0957. The highest BCUT2D eigenvalue weighted by molar-refractivity contribution is 5.88. The van der Waals surface area contributed by atoms with Crippen molar-refractivity contribution in [3.63, 3.8) is 0 Å². The smallest absolute Gasteiger partial charge is 0.334 e. The van der Waals surface area contributed by atoms with Crippen LogP contribution in [0.5, 0.6) is 0 Å². The number of hydrogen-bond acceptors (Lipinski definition) is 4. The van der Waals surface area contributed by atoms with Gasteiger partial charge in [0.05, 0.1) is 6.42 Å². The third-order valence-corrected chi connectivity index (χ3v) is 3.28. The van der Waals surface area contributed by atoms with Gasteiger partial charge in [0.15, 0.2) is 0 Å². The van der Waals surface area contributed by atoms with E-state index in [1.165, 1.54) is 0 Å². The van der Waals surface area contributed by atoms with Crippen LogP contribution >= 0.6 is 0 Å². The average Bonchev–Trinajstić information content (AvgIpc) is 2.45. The molecule has 1 saturated heterocycles. The van der Waals surface area contributed by atoms with Gasteiger partial charge in [-0.1, -0.05) is 6.08 Å². The molecule has 2 rings (SSSR count). The molecule has 1 fully saturated rings. The van der Waals surface area contributed by atoms with Crippen LogP contribution in [0.2, 0.25) is 0 Å². The minimum atomic E-state index is -0.466. The van der Waals surface area contributed by atoms with Crippen LogP contribution in [-0.2, 0) is 19.1 Å². The highest BCUT2D eigenvalue weighted by Gasteiger charge is 2.36. The minimum Gasteiger partial charge on any atom is -0.462 e. The van der Waals surface area contributed by atoms with Crippen LogP contribution in [0.25, 0.3) is 0 Å². The molecule has 0 unspecified atom stereocenters. The fourth-order valence-electron chi connectivity index (χ4n) is 2.42. The first-order valence-corrected chi connectivity index (χ1v) is 6.47. The number of hydrogen-bond donors (Lipinski definition) is 0. The van der Waals surface area contributed by atoms with Crippen molar-refractivity contribution in [1.29, 1.82) is 0 Å². The molecule has 1 aliphatic carbocycles. The Hall–Kier alpha value is -1.32. The summed E-state index contributed by atoms with van der Waals surface area (Å²) in [6.45, 7) is 5.58. The van der Waals surface area contributed by atoms with Gasteiger partial charge in [0, 0.05) is 17.9 Å². The lowest BCUT2D eigenvalue weighted by Gasteiger charge is -2.20. The second-order valence-corrected chi connectivity index (χ2v) is 6.00. The molecule has 0 aromatic rings. The molecule has 18 heavy (non-hydrogen) atoms. The number of esters is 2. The molecule has 0 saturated carbocycles. The standard InChI is InChI=1S/C14H20O4/c1-14(2,3)18-13(16)9-4-5-10-8-12(15)17-11(10)7-6-9/h6,10-11H,4-5,7-8H2,1-3H3/t10-,11+/m1/s1. The molecule has 1 heterocycles. The molecule has 4 heteroatoms. The van der Waals surface area contributed by atoms with Crippen LogP contribution < -0.4 is 0 Å². The molecule has 0 spiro atoms. The number of carbonyl (C=O) groups excluding carboxylic acids is 2. The van der Waals surface area contributed by atoms with Crippen molar-refractivity contribution in [3.05, 3.63) is 11.6 Å². The first kappa shape index (κ1) is 13.1. The lowest BCUT2D eigenvalue weighted by Crippen LogP contribution is -2.24. The van der Waals surface area contributed by atoms with Crippen LogP contribution in [0.4, 0.5) is 0 Å². The SMILES string of the molecule is CC(C)(C)OC(=O)C1=CC[C@@H]2OC(=O)C[C@H]2CC1. The van der Waals surface area contributed by atoms with E-state index in [2.05, 4.69) is 0 Å². The molecule has 0 radical (unpaired) electrons. The molecule has 0 aromatic carbocycles. The number of rotatable bonds is 1. The van der Waals surface area contributed by atoms with Gasteiger partial charge in [0.2, 0.25) is 0 Å². The van der Waals surface area contributed by atoms with Crippen LogP contribution in [0.15, 0.2) is 11.6 Å². The van der Waals surface area contributed by atoms with Crippen molar-refractivity contribution in [2.45, 2.75) is 58.2 Å². The molecular formula is C14H20O4. The largest absolute Gasteiger partial charge is 0.462 e. The second kappa shape index (κ2) is 4.75. The van der Waals surface area contributed by atoms with Crippen LogP contribution in [0, 0.1) is 5.92 Å². The van der Waals surface area contributed by atoms with Gasteiger partial charge in [0.1, 0.15) is 11.7 Å². The number of fused-ring (bicyclic) bond motifs is 1. The predicted octanol–water partition coefficient (Wildman–Crippen LogP) is 2.37. The molecule has 0 aromatic heterocycles. The summed E-state index contributed by atoms with van der Waals surface area (Å²) < 4.78 is 10.6.